The summed E-state index contributed by atoms with van der Waals surface area (Å²) in [5.74, 6) is 0.321. The molecule has 0 aliphatic rings. The number of hydrogen-bond donors (Lipinski definition) is 3. The number of phenolic OH excluding ortho intramolecular Hbond substituents is 2. The van der Waals surface area contributed by atoms with E-state index in [1.807, 2.05) is 20.8 Å². The second kappa shape index (κ2) is 3.88. The largest absolute Gasteiger partial charge is 0.507 e. The third-order valence-corrected chi connectivity index (χ3v) is 2.33. The van der Waals surface area contributed by atoms with Crippen LogP contribution in [0, 0.1) is 12.8 Å². The fraction of sp³-hybridized carbons (Fsp3) is 0.455. The van der Waals surface area contributed by atoms with Gasteiger partial charge in [0.15, 0.2) is 0 Å². The Bertz CT molecular complexity index is 311. The highest BCUT2D eigenvalue weighted by Crippen LogP contribution is 2.35. The number of rotatable bonds is 2. The van der Waals surface area contributed by atoms with Crippen LogP contribution in [0.3, 0.4) is 0 Å². The Kier molecular flexibility index (Phi) is 3.01. The molecule has 0 aromatic heterocycles. The maximum absolute atomic E-state index is 9.65. The lowest BCUT2D eigenvalue weighted by Gasteiger charge is -2.18. The normalized spacial score (nSPS) is 13.2. The molecule has 0 aliphatic heterocycles. The summed E-state index contributed by atoms with van der Waals surface area (Å²) in [6, 6.07) is 2.88. The molecule has 0 saturated heterocycles. The van der Waals surface area contributed by atoms with Gasteiger partial charge in [0.25, 0.3) is 0 Å². The smallest absolute Gasteiger partial charge is 0.124 e. The quantitative estimate of drug-likeness (QED) is 0.676. The number of phenols is 2. The van der Waals surface area contributed by atoms with Crippen molar-refractivity contribution in [3.63, 3.8) is 0 Å². The van der Waals surface area contributed by atoms with E-state index in [4.69, 9.17) is 5.73 Å². The van der Waals surface area contributed by atoms with Crippen molar-refractivity contribution in [1.82, 2.24) is 0 Å². The molecule has 0 bridgehead atoms. The molecular weight excluding hydrogens is 178 g/mol. The van der Waals surface area contributed by atoms with E-state index in [1.54, 1.807) is 12.1 Å². The molecule has 0 spiro atoms. The Labute approximate surface area is 84.2 Å². The summed E-state index contributed by atoms with van der Waals surface area (Å²) in [7, 11) is 0. The van der Waals surface area contributed by atoms with Crippen LogP contribution in [0.1, 0.15) is 31.0 Å². The highest BCUT2D eigenvalue weighted by Gasteiger charge is 2.18. The van der Waals surface area contributed by atoms with Crippen LogP contribution in [0.5, 0.6) is 11.5 Å². The molecular formula is C11H17NO2. The van der Waals surface area contributed by atoms with Crippen molar-refractivity contribution in [1.29, 1.82) is 0 Å². The maximum Gasteiger partial charge on any atom is 0.124 e. The Hall–Kier alpha value is -1.22. The molecule has 3 nitrogen and oxygen atoms in total. The zero-order valence-corrected chi connectivity index (χ0v) is 8.78. The molecule has 78 valence electrons. The van der Waals surface area contributed by atoms with Gasteiger partial charge in [0, 0.05) is 6.04 Å². The van der Waals surface area contributed by atoms with Crippen LogP contribution in [0.15, 0.2) is 12.1 Å². The van der Waals surface area contributed by atoms with Gasteiger partial charge in [-0.2, -0.15) is 0 Å². The summed E-state index contributed by atoms with van der Waals surface area (Å²) in [6.07, 6.45) is 0. The van der Waals surface area contributed by atoms with E-state index < -0.39 is 0 Å². The lowest BCUT2D eigenvalue weighted by Crippen LogP contribution is -2.17. The first-order chi connectivity index (χ1) is 6.43. The zero-order chi connectivity index (χ0) is 10.9. The van der Waals surface area contributed by atoms with E-state index in [-0.39, 0.29) is 23.5 Å². The minimum absolute atomic E-state index is 0.0729. The lowest BCUT2D eigenvalue weighted by molar-refractivity contribution is 0.406. The zero-order valence-electron chi connectivity index (χ0n) is 8.78. The van der Waals surface area contributed by atoms with Crippen molar-refractivity contribution in [2.24, 2.45) is 11.7 Å². The number of nitrogens with two attached hydrogens (primary N) is 1. The van der Waals surface area contributed by atoms with Crippen LogP contribution in [0.25, 0.3) is 0 Å². The summed E-state index contributed by atoms with van der Waals surface area (Å²) >= 11 is 0. The highest BCUT2D eigenvalue weighted by atomic mass is 16.3. The third-order valence-electron chi connectivity index (χ3n) is 2.33. The standard InChI is InChI=1S/C11H17NO2/c1-6(2)11(12)10-8(13)4-7(3)5-9(10)14/h4-6,11,13-14H,12H2,1-3H3/t11-/m0/s1. The minimum atomic E-state index is -0.337. The second-order valence-electron chi connectivity index (χ2n) is 3.99. The van der Waals surface area contributed by atoms with Crippen molar-refractivity contribution in [3.8, 4) is 11.5 Å². The molecule has 0 heterocycles. The predicted molar refractivity (Wildman–Crippen MR) is 56.3 cm³/mol. The number of aryl methyl sites for hydroxylation is 1. The molecule has 1 rings (SSSR count). The molecule has 0 aliphatic carbocycles. The summed E-state index contributed by atoms with van der Waals surface area (Å²) < 4.78 is 0. The van der Waals surface area contributed by atoms with Gasteiger partial charge in [0.1, 0.15) is 11.5 Å². The summed E-state index contributed by atoms with van der Waals surface area (Å²) in [4.78, 5) is 0. The Morgan fingerprint density at radius 2 is 1.57 bits per heavy atom. The molecule has 14 heavy (non-hydrogen) atoms. The van der Waals surface area contributed by atoms with Crippen molar-refractivity contribution < 1.29 is 10.2 Å². The van der Waals surface area contributed by atoms with Gasteiger partial charge in [-0.3, -0.25) is 0 Å². The van der Waals surface area contributed by atoms with Gasteiger partial charge < -0.3 is 15.9 Å². The number of benzene rings is 1. The Balaban J connectivity index is 3.20. The summed E-state index contributed by atoms with van der Waals surface area (Å²) in [5, 5.41) is 19.3. The fourth-order valence-corrected chi connectivity index (χ4v) is 1.43. The summed E-state index contributed by atoms with van der Waals surface area (Å²) in [6.45, 7) is 5.71. The first-order valence-corrected chi connectivity index (χ1v) is 4.71. The van der Waals surface area contributed by atoms with Crippen molar-refractivity contribution in [3.05, 3.63) is 23.3 Å². The van der Waals surface area contributed by atoms with Gasteiger partial charge >= 0.3 is 0 Å². The molecule has 0 radical (unpaired) electrons. The molecule has 4 N–H and O–H groups in total. The minimum Gasteiger partial charge on any atom is -0.507 e. The van der Waals surface area contributed by atoms with Crippen LogP contribution in [0.4, 0.5) is 0 Å². The topological polar surface area (TPSA) is 66.5 Å². The van der Waals surface area contributed by atoms with E-state index in [0.717, 1.165) is 5.56 Å². The molecule has 0 fully saturated rings. The van der Waals surface area contributed by atoms with Crippen LogP contribution in [-0.2, 0) is 0 Å². The first kappa shape index (κ1) is 10.9. The predicted octanol–water partition coefficient (Wildman–Crippen LogP) is 2.06. The van der Waals surface area contributed by atoms with Gasteiger partial charge in [0.05, 0.1) is 5.56 Å². The lowest BCUT2D eigenvalue weighted by atomic mass is 9.94. The van der Waals surface area contributed by atoms with Crippen molar-refractivity contribution in [2.75, 3.05) is 0 Å². The van der Waals surface area contributed by atoms with Gasteiger partial charge in [-0.1, -0.05) is 13.8 Å². The van der Waals surface area contributed by atoms with Crippen molar-refractivity contribution in [2.45, 2.75) is 26.8 Å². The molecule has 0 unspecified atom stereocenters. The van der Waals surface area contributed by atoms with E-state index >= 15 is 0 Å². The van der Waals surface area contributed by atoms with E-state index in [9.17, 15) is 10.2 Å². The highest BCUT2D eigenvalue weighted by molar-refractivity contribution is 5.48. The second-order valence-corrected chi connectivity index (χ2v) is 3.99. The van der Waals surface area contributed by atoms with Gasteiger partial charge in [-0.15, -0.1) is 0 Å². The first-order valence-electron chi connectivity index (χ1n) is 4.71. The molecule has 1 atom stereocenters. The summed E-state index contributed by atoms with van der Waals surface area (Å²) in [5.41, 5.74) is 7.12. The van der Waals surface area contributed by atoms with E-state index in [1.165, 1.54) is 0 Å². The molecule has 0 amide bonds. The van der Waals surface area contributed by atoms with E-state index in [0.29, 0.717) is 5.56 Å². The van der Waals surface area contributed by atoms with Gasteiger partial charge in [-0.25, -0.2) is 0 Å². The number of aromatic hydroxyl groups is 2. The van der Waals surface area contributed by atoms with Crippen LogP contribution >= 0.6 is 0 Å². The Morgan fingerprint density at radius 3 is 1.93 bits per heavy atom. The van der Waals surface area contributed by atoms with Crippen LogP contribution < -0.4 is 5.73 Å². The van der Waals surface area contributed by atoms with Gasteiger partial charge in [0.2, 0.25) is 0 Å². The molecule has 1 aromatic rings. The SMILES string of the molecule is Cc1cc(O)c([C@@H](N)C(C)C)c(O)c1. The maximum atomic E-state index is 9.65. The molecule has 3 heteroatoms. The third kappa shape index (κ3) is 1.99. The number of hydrogen-bond acceptors (Lipinski definition) is 3. The van der Waals surface area contributed by atoms with Crippen molar-refractivity contribution >= 4 is 0 Å². The Morgan fingerprint density at radius 1 is 1.14 bits per heavy atom. The van der Waals surface area contributed by atoms with E-state index in [2.05, 4.69) is 0 Å². The van der Waals surface area contributed by atoms with Crippen LogP contribution in [0.2, 0.25) is 0 Å². The fourth-order valence-electron chi connectivity index (χ4n) is 1.43. The average Bonchev–Trinajstić information content (AvgIpc) is 2.01. The molecule has 0 saturated carbocycles. The average molecular weight is 195 g/mol. The van der Waals surface area contributed by atoms with Crippen LogP contribution in [-0.4, -0.2) is 10.2 Å². The van der Waals surface area contributed by atoms with Gasteiger partial charge in [-0.05, 0) is 30.5 Å². The monoisotopic (exact) mass is 195 g/mol. The molecule has 1 aromatic carbocycles.